The largest absolute Gasteiger partial charge is 0.377 e. The molecule has 2 unspecified atom stereocenters. The molecular formula is C19H19ClN4O4S. The van der Waals surface area contributed by atoms with Crippen molar-refractivity contribution in [2.75, 3.05) is 13.7 Å². The first kappa shape index (κ1) is 20.4. The summed E-state index contributed by atoms with van der Waals surface area (Å²) in [7, 11) is 1.51. The number of hydrogen-bond acceptors (Lipinski definition) is 7. The summed E-state index contributed by atoms with van der Waals surface area (Å²) in [6.07, 6.45) is 0.433. The highest BCUT2D eigenvalue weighted by Crippen LogP contribution is 2.49. The average molecular weight is 435 g/mol. The van der Waals surface area contributed by atoms with Gasteiger partial charge in [0, 0.05) is 30.0 Å². The molecule has 10 heteroatoms. The van der Waals surface area contributed by atoms with E-state index >= 15 is 0 Å². The number of halogens is 1. The molecule has 1 aromatic carbocycles. The summed E-state index contributed by atoms with van der Waals surface area (Å²) < 4.78 is 23.9. The molecule has 2 aromatic rings. The van der Waals surface area contributed by atoms with Gasteiger partial charge in [-0.05, 0) is 17.2 Å². The third kappa shape index (κ3) is 3.60. The van der Waals surface area contributed by atoms with Crippen LogP contribution in [0.25, 0.3) is 10.4 Å². The van der Waals surface area contributed by atoms with Crippen molar-refractivity contribution in [1.82, 2.24) is 4.98 Å². The van der Waals surface area contributed by atoms with Crippen LogP contribution in [0.1, 0.15) is 17.4 Å². The van der Waals surface area contributed by atoms with Gasteiger partial charge in [-0.3, -0.25) is 4.98 Å². The molecule has 2 aliphatic rings. The molecule has 29 heavy (non-hydrogen) atoms. The minimum absolute atomic E-state index is 0.231. The average Bonchev–Trinajstić information content (AvgIpc) is 2.74. The van der Waals surface area contributed by atoms with Crippen molar-refractivity contribution in [1.29, 1.82) is 0 Å². The maximum atomic E-state index is 9.48. The maximum absolute atomic E-state index is 9.48. The van der Waals surface area contributed by atoms with Gasteiger partial charge in [-0.2, -0.15) is 0 Å². The summed E-state index contributed by atoms with van der Waals surface area (Å²) in [5.74, 6) is 0. The van der Waals surface area contributed by atoms with Crippen molar-refractivity contribution in [2.24, 2.45) is 5.11 Å². The molecular weight excluding hydrogens is 416 g/mol. The number of azide groups is 1. The Morgan fingerprint density at radius 2 is 2.10 bits per heavy atom. The van der Waals surface area contributed by atoms with Crippen LogP contribution in [-0.4, -0.2) is 42.4 Å². The lowest BCUT2D eigenvalue weighted by molar-refractivity contribution is -0.317. The zero-order valence-corrected chi connectivity index (χ0v) is 17.1. The minimum atomic E-state index is -1.31. The van der Waals surface area contributed by atoms with Gasteiger partial charge in [0.25, 0.3) is 0 Å². The van der Waals surface area contributed by atoms with Gasteiger partial charge in [-0.15, -0.1) is 12.6 Å². The second kappa shape index (κ2) is 8.49. The number of ether oxygens (including phenoxy) is 4. The number of methoxy groups -OCH3 is 1. The number of pyridine rings is 1. The van der Waals surface area contributed by atoms with Crippen LogP contribution >= 0.6 is 24.2 Å². The zero-order valence-electron chi connectivity index (χ0n) is 15.5. The van der Waals surface area contributed by atoms with Crippen LogP contribution in [0.5, 0.6) is 0 Å². The third-order valence-electron chi connectivity index (χ3n) is 5.16. The Hall–Kier alpha value is -1.84. The van der Waals surface area contributed by atoms with Crippen LogP contribution in [0, 0.1) is 0 Å². The van der Waals surface area contributed by atoms with Crippen LogP contribution in [0.3, 0.4) is 0 Å². The fourth-order valence-corrected chi connectivity index (χ4v) is 4.62. The Labute approximate surface area is 178 Å². The smallest absolute Gasteiger partial charge is 0.184 e. The SMILES string of the molecule is CO[C@H]1[C@@H](S)O[C@@H]2COC(c3ccccc3)O[C@@H]2C1(N=[N+]=[N-])c1cncc(Cl)c1. The molecule has 4 rings (SSSR count). The summed E-state index contributed by atoms with van der Waals surface area (Å²) >= 11 is 10.7. The van der Waals surface area contributed by atoms with E-state index in [9.17, 15) is 5.53 Å². The van der Waals surface area contributed by atoms with Gasteiger partial charge < -0.3 is 18.9 Å². The highest BCUT2D eigenvalue weighted by atomic mass is 35.5. The first-order chi connectivity index (χ1) is 14.1. The van der Waals surface area contributed by atoms with Gasteiger partial charge in [0.05, 0.1) is 11.6 Å². The molecule has 6 atom stereocenters. The molecule has 0 aliphatic carbocycles. The van der Waals surface area contributed by atoms with Crippen molar-refractivity contribution in [3.8, 4) is 0 Å². The minimum Gasteiger partial charge on any atom is -0.377 e. The summed E-state index contributed by atoms with van der Waals surface area (Å²) in [6, 6.07) is 11.2. The van der Waals surface area contributed by atoms with E-state index < -0.39 is 35.6 Å². The highest BCUT2D eigenvalue weighted by Gasteiger charge is 2.60. The lowest BCUT2D eigenvalue weighted by Gasteiger charge is -2.53. The molecule has 0 radical (unpaired) electrons. The van der Waals surface area contributed by atoms with Crippen LogP contribution in [0.15, 0.2) is 53.9 Å². The molecule has 2 aliphatic heterocycles. The summed E-state index contributed by atoms with van der Waals surface area (Å²) in [5, 5.41) is 4.59. The lowest BCUT2D eigenvalue weighted by Crippen LogP contribution is -2.66. The molecule has 3 heterocycles. The van der Waals surface area contributed by atoms with Crippen molar-refractivity contribution >= 4 is 24.2 Å². The Kier molecular flexibility index (Phi) is 5.98. The van der Waals surface area contributed by atoms with Gasteiger partial charge in [0.2, 0.25) is 0 Å². The first-order valence-corrected chi connectivity index (χ1v) is 9.85. The second-order valence-electron chi connectivity index (χ2n) is 6.76. The van der Waals surface area contributed by atoms with E-state index in [1.54, 1.807) is 12.3 Å². The third-order valence-corrected chi connectivity index (χ3v) is 5.76. The van der Waals surface area contributed by atoms with E-state index in [1.807, 2.05) is 30.3 Å². The number of nitrogens with zero attached hydrogens (tertiary/aromatic N) is 4. The topological polar surface area (TPSA) is 98.6 Å². The fraction of sp³-hybridized carbons (Fsp3) is 0.421. The Morgan fingerprint density at radius 1 is 1.31 bits per heavy atom. The van der Waals surface area contributed by atoms with Crippen molar-refractivity contribution in [3.63, 3.8) is 0 Å². The summed E-state index contributed by atoms with van der Waals surface area (Å²) in [4.78, 5) is 7.29. The van der Waals surface area contributed by atoms with Gasteiger partial charge in [0.1, 0.15) is 29.3 Å². The van der Waals surface area contributed by atoms with Crippen LogP contribution < -0.4 is 0 Å². The number of hydrogen-bond donors (Lipinski definition) is 1. The highest BCUT2D eigenvalue weighted by molar-refractivity contribution is 7.80. The molecule has 1 aromatic heterocycles. The van der Waals surface area contributed by atoms with Crippen molar-refractivity contribution in [3.05, 3.63) is 75.4 Å². The standard InChI is InChI=1S/C19H19ClN4O4S/c1-25-16-18(29)27-14-10-26-17(11-5-3-2-4-6-11)28-15(14)19(16,23-24-21)12-7-13(20)9-22-8-12/h2-9,14-18,29H,10H2,1H3/t14-,15+,16+,17?,18-,19?/m1/s1. The second-order valence-corrected chi connectivity index (χ2v) is 7.71. The Morgan fingerprint density at radius 3 is 2.79 bits per heavy atom. The fourth-order valence-electron chi connectivity index (χ4n) is 3.94. The van der Waals surface area contributed by atoms with Crippen molar-refractivity contribution < 1.29 is 18.9 Å². The van der Waals surface area contributed by atoms with E-state index in [0.717, 1.165) is 5.56 Å². The maximum Gasteiger partial charge on any atom is 0.184 e. The number of thiol groups is 1. The molecule has 2 fully saturated rings. The predicted octanol–water partition coefficient (Wildman–Crippen LogP) is 4.02. The molecule has 0 N–H and O–H groups in total. The van der Waals surface area contributed by atoms with E-state index in [4.69, 9.17) is 30.5 Å². The van der Waals surface area contributed by atoms with Gasteiger partial charge in [0.15, 0.2) is 6.29 Å². The summed E-state index contributed by atoms with van der Waals surface area (Å²) in [6.45, 7) is 0.231. The number of fused-ring (bicyclic) bond motifs is 1. The summed E-state index contributed by atoms with van der Waals surface area (Å²) in [5.41, 5.74) is 8.88. The van der Waals surface area contributed by atoms with Gasteiger partial charge in [-0.25, -0.2) is 0 Å². The number of benzene rings is 1. The first-order valence-electron chi connectivity index (χ1n) is 8.95. The normalized spacial score (nSPS) is 34.1. The molecule has 8 nitrogen and oxygen atoms in total. The monoisotopic (exact) mass is 434 g/mol. The Bertz CT molecular complexity index is 916. The van der Waals surface area contributed by atoms with Crippen molar-refractivity contribution in [2.45, 2.75) is 35.6 Å². The lowest BCUT2D eigenvalue weighted by atomic mass is 9.76. The zero-order chi connectivity index (χ0) is 20.4. The molecule has 0 saturated carbocycles. The molecule has 0 amide bonds. The molecule has 0 bridgehead atoms. The van der Waals surface area contributed by atoms with Crippen LogP contribution in [-0.2, 0) is 24.5 Å². The van der Waals surface area contributed by atoms with E-state index in [1.165, 1.54) is 13.3 Å². The van der Waals surface area contributed by atoms with Gasteiger partial charge >= 0.3 is 0 Å². The number of aromatic nitrogens is 1. The van der Waals surface area contributed by atoms with E-state index in [2.05, 4.69) is 27.6 Å². The van der Waals surface area contributed by atoms with E-state index in [0.29, 0.717) is 10.6 Å². The molecule has 0 spiro atoms. The predicted molar refractivity (Wildman–Crippen MR) is 109 cm³/mol. The molecule has 2 saturated heterocycles. The quantitative estimate of drug-likeness (QED) is 0.339. The Balaban J connectivity index is 1.84. The number of rotatable bonds is 4. The van der Waals surface area contributed by atoms with Crippen LogP contribution in [0.2, 0.25) is 5.02 Å². The van der Waals surface area contributed by atoms with Gasteiger partial charge in [-0.1, -0.05) is 47.0 Å². The van der Waals surface area contributed by atoms with Crippen LogP contribution in [0.4, 0.5) is 0 Å². The van der Waals surface area contributed by atoms with E-state index in [-0.39, 0.29) is 6.61 Å². The molecule has 152 valence electrons.